The molecule has 25 heavy (non-hydrogen) atoms. The number of imidazole rings is 1. The minimum absolute atomic E-state index is 0.0735. The molecule has 1 aliphatic heterocycles. The van der Waals surface area contributed by atoms with E-state index in [4.69, 9.17) is 0 Å². The Morgan fingerprint density at radius 1 is 1.32 bits per heavy atom. The van der Waals surface area contributed by atoms with Crippen LogP contribution in [-0.2, 0) is 24.3 Å². The van der Waals surface area contributed by atoms with Crippen molar-refractivity contribution >= 4 is 5.91 Å². The number of aryl methyl sites for hydroxylation is 1. The van der Waals surface area contributed by atoms with E-state index in [-0.39, 0.29) is 17.6 Å². The fraction of sp³-hybridized carbons (Fsp3) is 0.474. The van der Waals surface area contributed by atoms with Gasteiger partial charge in [-0.1, -0.05) is 18.2 Å². The Morgan fingerprint density at radius 3 is 2.88 bits per heavy atom. The smallest absolute Gasteiger partial charge is 0.227 e. The van der Waals surface area contributed by atoms with Crippen LogP contribution in [0.4, 0.5) is 4.39 Å². The Bertz CT molecular complexity index is 728. The van der Waals surface area contributed by atoms with Crippen LogP contribution in [0.2, 0.25) is 0 Å². The van der Waals surface area contributed by atoms with E-state index in [0.29, 0.717) is 25.2 Å². The second-order valence-corrected chi connectivity index (χ2v) is 6.93. The molecule has 1 aromatic heterocycles. The van der Waals surface area contributed by atoms with Crippen molar-refractivity contribution in [3.63, 3.8) is 0 Å². The average molecular weight is 344 g/mol. The van der Waals surface area contributed by atoms with Crippen molar-refractivity contribution in [2.45, 2.75) is 25.9 Å². The van der Waals surface area contributed by atoms with E-state index in [1.165, 1.54) is 11.8 Å². The molecular weight excluding hydrogens is 319 g/mol. The molecule has 134 valence electrons. The van der Waals surface area contributed by atoms with Crippen LogP contribution < -0.4 is 0 Å². The predicted molar refractivity (Wildman–Crippen MR) is 94.4 cm³/mol. The fourth-order valence-electron chi connectivity index (χ4n) is 3.25. The van der Waals surface area contributed by atoms with E-state index in [0.717, 1.165) is 19.4 Å². The van der Waals surface area contributed by atoms with Gasteiger partial charge in [-0.2, -0.15) is 0 Å². The highest BCUT2D eigenvalue weighted by Crippen LogP contribution is 2.22. The Labute approximate surface area is 148 Å². The number of fused-ring (bicyclic) bond motifs is 1. The Kier molecular flexibility index (Phi) is 5.48. The summed E-state index contributed by atoms with van der Waals surface area (Å²) >= 11 is 0. The summed E-state index contributed by atoms with van der Waals surface area (Å²) in [6.45, 7) is 2.31. The topological polar surface area (TPSA) is 41.4 Å². The lowest BCUT2D eigenvalue weighted by atomic mass is 9.96. The largest absolute Gasteiger partial charge is 0.337 e. The lowest BCUT2D eigenvalue weighted by Crippen LogP contribution is -2.42. The quantitative estimate of drug-likeness (QED) is 0.806. The molecule has 0 radical (unpaired) electrons. The maximum Gasteiger partial charge on any atom is 0.227 e. The molecule has 0 N–H and O–H groups in total. The van der Waals surface area contributed by atoms with Crippen LogP contribution in [-0.4, -0.2) is 52.4 Å². The van der Waals surface area contributed by atoms with Crippen molar-refractivity contribution in [1.29, 1.82) is 0 Å². The molecule has 5 nitrogen and oxygen atoms in total. The molecule has 0 bridgehead atoms. The van der Waals surface area contributed by atoms with Gasteiger partial charge < -0.3 is 14.4 Å². The van der Waals surface area contributed by atoms with Gasteiger partial charge in [0.25, 0.3) is 0 Å². The number of benzene rings is 1. The van der Waals surface area contributed by atoms with Crippen molar-refractivity contribution in [1.82, 2.24) is 19.4 Å². The Hall–Kier alpha value is -2.21. The van der Waals surface area contributed by atoms with Gasteiger partial charge in [-0.3, -0.25) is 4.79 Å². The Balaban J connectivity index is 1.74. The third-order valence-electron chi connectivity index (χ3n) is 4.76. The van der Waals surface area contributed by atoms with Gasteiger partial charge in [0.2, 0.25) is 5.91 Å². The molecule has 0 saturated heterocycles. The molecule has 1 atom stereocenters. The summed E-state index contributed by atoms with van der Waals surface area (Å²) in [6.07, 6.45) is 5.33. The highest BCUT2D eigenvalue weighted by Gasteiger charge is 2.28. The van der Waals surface area contributed by atoms with Crippen molar-refractivity contribution in [3.8, 4) is 0 Å². The first-order chi connectivity index (χ1) is 12.0. The lowest BCUT2D eigenvalue weighted by molar-refractivity contribution is -0.137. The normalized spacial score (nSPS) is 16.7. The molecular formula is C19H25FN4O. The molecule has 0 fully saturated rings. The fourth-order valence-corrected chi connectivity index (χ4v) is 3.25. The Morgan fingerprint density at radius 2 is 2.12 bits per heavy atom. The zero-order valence-corrected chi connectivity index (χ0v) is 14.9. The van der Waals surface area contributed by atoms with Gasteiger partial charge in [-0.05, 0) is 33.0 Å². The second-order valence-electron chi connectivity index (χ2n) is 6.93. The number of halogens is 1. The minimum Gasteiger partial charge on any atom is -0.337 e. The lowest BCUT2D eigenvalue weighted by Gasteiger charge is -2.31. The van der Waals surface area contributed by atoms with Gasteiger partial charge >= 0.3 is 0 Å². The van der Waals surface area contributed by atoms with E-state index in [2.05, 4.69) is 9.55 Å². The maximum atomic E-state index is 14.0. The first kappa shape index (κ1) is 17.6. The van der Waals surface area contributed by atoms with Crippen LogP contribution in [0.15, 0.2) is 36.8 Å². The SMILES string of the molecule is CN(C)CCN(Cc1ccccc1F)C(=O)C1CCc2cncn2C1. The number of amides is 1. The van der Waals surface area contributed by atoms with Gasteiger partial charge in [-0.15, -0.1) is 0 Å². The molecule has 1 aromatic carbocycles. The first-order valence-electron chi connectivity index (χ1n) is 8.70. The van der Waals surface area contributed by atoms with E-state index >= 15 is 0 Å². The van der Waals surface area contributed by atoms with Crippen molar-refractivity contribution < 1.29 is 9.18 Å². The maximum absolute atomic E-state index is 14.0. The minimum atomic E-state index is -0.259. The van der Waals surface area contributed by atoms with Crippen LogP contribution in [0.3, 0.4) is 0 Å². The molecule has 3 rings (SSSR count). The average Bonchev–Trinajstić information content (AvgIpc) is 3.07. The van der Waals surface area contributed by atoms with Gasteiger partial charge in [0, 0.05) is 43.6 Å². The third-order valence-corrected chi connectivity index (χ3v) is 4.76. The van der Waals surface area contributed by atoms with Gasteiger partial charge in [0.15, 0.2) is 0 Å². The van der Waals surface area contributed by atoms with Gasteiger partial charge in [-0.25, -0.2) is 9.37 Å². The van der Waals surface area contributed by atoms with Crippen molar-refractivity contribution in [2.24, 2.45) is 5.92 Å². The molecule has 0 saturated carbocycles. The van der Waals surface area contributed by atoms with E-state index in [1.54, 1.807) is 23.4 Å². The van der Waals surface area contributed by atoms with Crippen molar-refractivity contribution in [3.05, 3.63) is 53.9 Å². The van der Waals surface area contributed by atoms with Crippen LogP contribution >= 0.6 is 0 Å². The van der Waals surface area contributed by atoms with Crippen LogP contribution in [0.1, 0.15) is 17.7 Å². The predicted octanol–water partition coefficient (Wildman–Crippen LogP) is 2.17. The van der Waals surface area contributed by atoms with Crippen LogP contribution in [0.5, 0.6) is 0 Å². The highest BCUT2D eigenvalue weighted by atomic mass is 19.1. The first-order valence-corrected chi connectivity index (χ1v) is 8.70. The molecule has 1 amide bonds. The summed E-state index contributed by atoms with van der Waals surface area (Å²) < 4.78 is 16.1. The van der Waals surface area contributed by atoms with Gasteiger partial charge in [0.1, 0.15) is 5.82 Å². The van der Waals surface area contributed by atoms with E-state index in [9.17, 15) is 9.18 Å². The number of likely N-dealkylation sites (N-methyl/N-ethyl adjacent to an activating group) is 1. The van der Waals surface area contributed by atoms with Crippen molar-refractivity contribution in [2.75, 3.05) is 27.2 Å². The van der Waals surface area contributed by atoms with E-state index in [1.807, 2.05) is 31.3 Å². The number of hydrogen-bond donors (Lipinski definition) is 0. The second kappa shape index (κ2) is 7.78. The van der Waals surface area contributed by atoms with Gasteiger partial charge in [0.05, 0.1) is 12.2 Å². The summed E-state index contributed by atoms with van der Waals surface area (Å²) in [7, 11) is 3.95. The number of carbonyl (C=O) groups is 1. The molecule has 1 unspecified atom stereocenters. The third kappa shape index (κ3) is 4.25. The standard InChI is InChI=1S/C19H25FN4O/c1-22(2)9-10-23(12-15-5-3-4-6-18(15)20)19(25)16-7-8-17-11-21-14-24(17)13-16/h3-6,11,14,16H,7-10,12-13H2,1-2H3. The monoisotopic (exact) mass is 344 g/mol. The summed E-state index contributed by atoms with van der Waals surface area (Å²) in [5.41, 5.74) is 1.74. The molecule has 0 spiro atoms. The summed E-state index contributed by atoms with van der Waals surface area (Å²) in [4.78, 5) is 21.1. The highest BCUT2D eigenvalue weighted by molar-refractivity contribution is 5.79. The van der Waals surface area contributed by atoms with Crippen LogP contribution in [0.25, 0.3) is 0 Å². The molecule has 0 aliphatic carbocycles. The number of hydrogen-bond acceptors (Lipinski definition) is 3. The molecule has 2 aromatic rings. The molecule has 2 heterocycles. The number of nitrogens with zero attached hydrogens (tertiary/aromatic N) is 4. The number of aromatic nitrogens is 2. The summed E-state index contributed by atoms with van der Waals surface area (Å²) in [5.74, 6) is -0.231. The number of rotatable bonds is 6. The molecule has 1 aliphatic rings. The summed E-state index contributed by atoms with van der Waals surface area (Å²) in [6, 6.07) is 6.68. The summed E-state index contributed by atoms with van der Waals surface area (Å²) in [5, 5.41) is 0. The van der Waals surface area contributed by atoms with E-state index < -0.39 is 0 Å². The number of carbonyl (C=O) groups excluding carboxylic acids is 1. The zero-order valence-electron chi connectivity index (χ0n) is 14.9. The molecule has 6 heteroatoms. The zero-order chi connectivity index (χ0) is 17.8. The van der Waals surface area contributed by atoms with Crippen LogP contribution in [0, 0.1) is 11.7 Å².